The van der Waals surface area contributed by atoms with E-state index in [-0.39, 0.29) is 12.7 Å². The van der Waals surface area contributed by atoms with Gasteiger partial charge in [0.05, 0.1) is 36.1 Å². The summed E-state index contributed by atoms with van der Waals surface area (Å²) in [7, 11) is 0. The molecule has 0 bridgehead atoms. The van der Waals surface area contributed by atoms with Crippen LogP contribution in [0.25, 0.3) is 23.5 Å². The average Bonchev–Trinajstić information content (AvgIpc) is 3.06. The fourth-order valence-electron chi connectivity index (χ4n) is 2.80. The zero-order valence-corrected chi connectivity index (χ0v) is 13.8. The summed E-state index contributed by atoms with van der Waals surface area (Å²) in [6.07, 6.45) is 10.1. The molecule has 3 heterocycles. The van der Waals surface area contributed by atoms with E-state index in [1.165, 1.54) is 0 Å². The fraction of sp³-hybridized carbons (Fsp3) is 0.211. The zero-order valence-electron chi connectivity index (χ0n) is 13.8. The van der Waals surface area contributed by atoms with E-state index in [0.29, 0.717) is 11.4 Å². The molecule has 0 radical (unpaired) electrons. The van der Waals surface area contributed by atoms with E-state index in [0.717, 1.165) is 34.1 Å². The summed E-state index contributed by atoms with van der Waals surface area (Å²) in [4.78, 5) is 16.2. The first kappa shape index (κ1) is 15.5. The van der Waals surface area contributed by atoms with Crippen LogP contribution in [0, 0.1) is 6.92 Å². The molecule has 1 aliphatic carbocycles. The van der Waals surface area contributed by atoms with Crippen LogP contribution < -0.4 is 15.3 Å². The molecule has 1 unspecified atom stereocenters. The Labute approximate surface area is 144 Å². The number of nitrogens with one attached hydrogen (secondary N) is 1. The molecule has 4 rings (SSSR count). The van der Waals surface area contributed by atoms with Crippen molar-refractivity contribution in [1.82, 2.24) is 19.9 Å². The predicted octanol–water partition coefficient (Wildman–Crippen LogP) is 1.08. The number of fused-ring (bicyclic) bond motifs is 1. The minimum absolute atomic E-state index is 0.0537. The van der Waals surface area contributed by atoms with Gasteiger partial charge in [0, 0.05) is 18.0 Å². The molecular formula is C19H18N4O2. The number of H-pyrrole nitrogens is 1. The van der Waals surface area contributed by atoms with Crippen LogP contribution in [0.5, 0.6) is 5.75 Å². The number of aliphatic hydroxyl groups excluding tert-OH is 1. The van der Waals surface area contributed by atoms with E-state index < -0.39 is 0 Å². The van der Waals surface area contributed by atoms with Gasteiger partial charge in [-0.25, -0.2) is 0 Å². The van der Waals surface area contributed by atoms with Gasteiger partial charge in [-0.3, -0.25) is 15.0 Å². The van der Waals surface area contributed by atoms with Gasteiger partial charge in [-0.2, -0.15) is 0 Å². The molecule has 25 heavy (non-hydrogen) atoms. The van der Waals surface area contributed by atoms with Crippen molar-refractivity contribution in [2.45, 2.75) is 26.1 Å². The molecule has 2 N–H and O–H groups in total. The lowest BCUT2D eigenvalue weighted by Crippen LogP contribution is -2.31. The molecule has 0 aliphatic heterocycles. The van der Waals surface area contributed by atoms with Gasteiger partial charge in [-0.05, 0) is 36.4 Å². The second kappa shape index (κ2) is 6.49. The van der Waals surface area contributed by atoms with Crippen LogP contribution in [0.4, 0.5) is 0 Å². The lowest BCUT2D eigenvalue weighted by atomic mass is 10.1. The molecule has 0 saturated heterocycles. The van der Waals surface area contributed by atoms with E-state index in [9.17, 15) is 0 Å². The summed E-state index contributed by atoms with van der Waals surface area (Å²) >= 11 is 0. The Balaban J connectivity index is 1.58. The number of rotatable bonds is 4. The van der Waals surface area contributed by atoms with Crippen molar-refractivity contribution in [3.8, 4) is 17.1 Å². The number of nitrogens with zero attached hydrogens (tertiary/aromatic N) is 3. The number of hydrogen-bond acceptors (Lipinski definition) is 5. The van der Waals surface area contributed by atoms with E-state index >= 15 is 0 Å². The first-order valence-electron chi connectivity index (χ1n) is 8.14. The van der Waals surface area contributed by atoms with Crippen molar-refractivity contribution < 1.29 is 9.84 Å². The van der Waals surface area contributed by atoms with E-state index in [1.807, 2.05) is 13.0 Å². The highest BCUT2D eigenvalue weighted by Gasteiger charge is 2.12. The summed E-state index contributed by atoms with van der Waals surface area (Å²) in [5.41, 5.74) is 3.29. The summed E-state index contributed by atoms with van der Waals surface area (Å²) < 4.78 is 5.97. The zero-order chi connectivity index (χ0) is 17.2. The Kier molecular flexibility index (Phi) is 4.03. The van der Waals surface area contributed by atoms with E-state index in [2.05, 4.69) is 38.2 Å². The number of aromatic nitrogens is 4. The third kappa shape index (κ3) is 3.29. The number of ether oxygens (including phenoxy) is 1. The molecule has 3 aromatic rings. The maximum absolute atomic E-state index is 9.04. The summed E-state index contributed by atoms with van der Waals surface area (Å²) in [5, 5.41) is 11.2. The van der Waals surface area contributed by atoms with Crippen LogP contribution >= 0.6 is 0 Å². The molecule has 1 atom stereocenters. The van der Waals surface area contributed by atoms with Crippen molar-refractivity contribution in [1.29, 1.82) is 0 Å². The lowest BCUT2D eigenvalue weighted by Gasteiger charge is -2.15. The largest absolute Gasteiger partial charge is 0.484 e. The van der Waals surface area contributed by atoms with Gasteiger partial charge in [-0.15, -0.1) is 0 Å². The van der Waals surface area contributed by atoms with Crippen LogP contribution in [-0.2, 0) is 6.61 Å². The molecule has 3 aromatic heterocycles. The SMILES string of the molecule is Cc1cnc(-c2cc3c([nH]2)=CCC(Oc2ccc(CO)nc2)C=3)cn1. The molecule has 6 heteroatoms. The molecule has 6 nitrogen and oxygen atoms in total. The average molecular weight is 334 g/mol. The third-order valence-corrected chi connectivity index (χ3v) is 4.10. The van der Waals surface area contributed by atoms with E-state index in [1.54, 1.807) is 24.7 Å². The predicted molar refractivity (Wildman–Crippen MR) is 93.9 cm³/mol. The molecule has 0 amide bonds. The van der Waals surface area contributed by atoms with Gasteiger partial charge >= 0.3 is 0 Å². The number of hydrogen-bond donors (Lipinski definition) is 2. The van der Waals surface area contributed by atoms with Crippen LogP contribution in [0.3, 0.4) is 0 Å². The smallest absolute Gasteiger partial charge is 0.138 e. The van der Waals surface area contributed by atoms with Gasteiger partial charge in [-0.1, -0.05) is 6.08 Å². The Bertz CT molecular complexity index is 991. The quantitative estimate of drug-likeness (QED) is 0.746. The first-order chi connectivity index (χ1) is 12.2. The minimum Gasteiger partial charge on any atom is -0.484 e. The molecule has 0 spiro atoms. The maximum Gasteiger partial charge on any atom is 0.138 e. The van der Waals surface area contributed by atoms with Crippen molar-refractivity contribution in [3.63, 3.8) is 0 Å². The summed E-state index contributed by atoms with van der Waals surface area (Å²) in [5.74, 6) is 0.690. The third-order valence-electron chi connectivity index (χ3n) is 4.10. The molecule has 126 valence electrons. The van der Waals surface area contributed by atoms with Crippen LogP contribution in [0.15, 0.2) is 36.8 Å². The highest BCUT2D eigenvalue weighted by Crippen LogP contribution is 2.16. The Morgan fingerprint density at radius 3 is 2.84 bits per heavy atom. The first-order valence-corrected chi connectivity index (χ1v) is 8.14. The maximum atomic E-state index is 9.04. The lowest BCUT2D eigenvalue weighted by molar-refractivity contribution is 0.264. The Morgan fingerprint density at radius 2 is 2.12 bits per heavy atom. The van der Waals surface area contributed by atoms with Crippen molar-refractivity contribution in [2.75, 3.05) is 0 Å². The van der Waals surface area contributed by atoms with Gasteiger partial charge in [0.2, 0.25) is 0 Å². The van der Waals surface area contributed by atoms with Gasteiger partial charge in [0.15, 0.2) is 0 Å². The van der Waals surface area contributed by atoms with Crippen LogP contribution in [-0.4, -0.2) is 31.1 Å². The molecule has 0 saturated carbocycles. The molecular weight excluding hydrogens is 316 g/mol. The summed E-state index contributed by atoms with van der Waals surface area (Å²) in [6, 6.07) is 5.65. The van der Waals surface area contributed by atoms with Crippen molar-refractivity contribution in [2.24, 2.45) is 0 Å². The van der Waals surface area contributed by atoms with Gasteiger partial charge in [0.1, 0.15) is 17.5 Å². The number of aromatic amines is 1. The number of aliphatic hydroxyl groups is 1. The molecule has 0 fully saturated rings. The molecule has 1 aliphatic rings. The standard InChI is InChI=1S/C19H18N4O2/c1-12-8-22-19(10-20-12)18-7-13-6-15(4-5-17(13)23-18)25-16-3-2-14(11-24)21-9-16/h2-3,5-10,15,23-24H,4,11H2,1H3. The molecule has 0 aromatic carbocycles. The highest BCUT2D eigenvalue weighted by atomic mass is 16.5. The summed E-state index contributed by atoms with van der Waals surface area (Å²) in [6.45, 7) is 1.85. The van der Waals surface area contributed by atoms with Crippen LogP contribution in [0.2, 0.25) is 0 Å². The number of pyridine rings is 1. The van der Waals surface area contributed by atoms with Gasteiger partial charge in [0.25, 0.3) is 0 Å². The normalized spacial score (nSPS) is 15.8. The van der Waals surface area contributed by atoms with Crippen molar-refractivity contribution in [3.05, 3.63) is 58.7 Å². The fourth-order valence-corrected chi connectivity index (χ4v) is 2.80. The number of aryl methyl sites for hydroxylation is 1. The highest BCUT2D eigenvalue weighted by molar-refractivity contribution is 5.56. The van der Waals surface area contributed by atoms with Crippen molar-refractivity contribution >= 4 is 12.2 Å². The monoisotopic (exact) mass is 334 g/mol. The second-order valence-corrected chi connectivity index (χ2v) is 6.00. The Hall–Kier alpha value is -2.99. The second-order valence-electron chi connectivity index (χ2n) is 6.00. The Morgan fingerprint density at radius 1 is 1.20 bits per heavy atom. The van der Waals surface area contributed by atoms with Crippen LogP contribution in [0.1, 0.15) is 17.8 Å². The van der Waals surface area contributed by atoms with E-state index in [4.69, 9.17) is 9.84 Å². The topological polar surface area (TPSA) is 83.9 Å². The minimum atomic E-state index is -0.0685. The van der Waals surface area contributed by atoms with Gasteiger partial charge < -0.3 is 14.8 Å².